The summed E-state index contributed by atoms with van der Waals surface area (Å²) >= 11 is 0. The van der Waals surface area contributed by atoms with Gasteiger partial charge in [-0.25, -0.2) is 0 Å². The molecule has 2 nitrogen and oxygen atoms in total. The second-order valence-electron chi connectivity index (χ2n) is 4.03. The third-order valence-corrected chi connectivity index (χ3v) is 8.17. The van der Waals surface area contributed by atoms with Crippen molar-refractivity contribution in [1.82, 2.24) is 0 Å². The molecule has 0 amide bonds. The first-order chi connectivity index (χ1) is 5.83. The van der Waals surface area contributed by atoms with Crippen LogP contribution < -0.4 is 0 Å². The van der Waals surface area contributed by atoms with Crippen molar-refractivity contribution in [2.45, 2.75) is 43.2 Å². The van der Waals surface area contributed by atoms with E-state index in [0.29, 0.717) is 0 Å². The SMILES string of the molecule is CO[Si](OC)(C1CCC1)C1CC1. The lowest BCUT2D eigenvalue weighted by Gasteiger charge is -2.40. The standard InChI is InChI=1S/C9H18O2Si/c1-10-12(11-2,9-6-7-9)8-4-3-5-8/h8-9H,3-7H2,1-2H3. The molecule has 2 fully saturated rings. The lowest BCUT2D eigenvalue weighted by atomic mass is 10.00. The third kappa shape index (κ3) is 1.15. The summed E-state index contributed by atoms with van der Waals surface area (Å²) < 4.78 is 11.5. The van der Waals surface area contributed by atoms with Gasteiger partial charge in [0.25, 0.3) is 0 Å². The Kier molecular flexibility index (Phi) is 2.27. The first-order valence-corrected chi connectivity index (χ1v) is 6.91. The van der Waals surface area contributed by atoms with Crippen molar-refractivity contribution in [3.63, 3.8) is 0 Å². The normalized spacial score (nSPS) is 25.5. The summed E-state index contributed by atoms with van der Waals surface area (Å²) in [4.78, 5) is 0. The van der Waals surface area contributed by atoms with E-state index in [-0.39, 0.29) is 0 Å². The Morgan fingerprint density at radius 2 is 1.42 bits per heavy atom. The van der Waals surface area contributed by atoms with Gasteiger partial charge in [-0.2, -0.15) is 0 Å². The van der Waals surface area contributed by atoms with Crippen molar-refractivity contribution < 1.29 is 8.85 Å². The molecule has 70 valence electrons. The van der Waals surface area contributed by atoms with Crippen molar-refractivity contribution in [2.75, 3.05) is 14.2 Å². The van der Waals surface area contributed by atoms with E-state index in [9.17, 15) is 0 Å². The van der Waals surface area contributed by atoms with Crippen LogP contribution in [0.4, 0.5) is 0 Å². The van der Waals surface area contributed by atoms with Gasteiger partial charge in [-0.3, -0.25) is 0 Å². The summed E-state index contributed by atoms with van der Waals surface area (Å²) in [5, 5.41) is 0. The average Bonchev–Trinajstić information content (AvgIpc) is 2.79. The Morgan fingerprint density at radius 3 is 1.67 bits per heavy atom. The summed E-state index contributed by atoms with van der Waals surface area (Å²) in [7, 11) is 1.98. The van der Waals surface area contributed by atoms with Gasteiger partial charge in [-0.05, 0) is 25.7 Å². The van der Waals surface area contributed by atoms with Crippen LogP contribution in [0.25, 0.3) is 0 Å². The van der Waals surface area contributed by atoms with Gasteiger partial charge in [0.15, 0.2) is 0 Å². The van der Waals surface area contributed by atoms with Crippen LogP contribution in [0, 0.1) is 0 Å². The van der Waals surface area contributed by atoms with E-state index < -0.39 is 8.56 Å². The van der Waals surface area contributed by atoms with Gasteiger partial charge in [0.2, 0.25) is 0 Å². The number of rotatable bonds is 4. The van der Waals surface area contributed by atoms with Gasteiger partial charge in [0, 0.05) is 25.3 Å². The van der Waals surface area contributed by atoms with Crippen LogP contribution in [0.5, 0.6) is 0 Å². The maximum absolute atomic E-state index is 5.73. The van der Waals surface area contributed by atoms with Gasteiger partial charge in [-0.15, -0.1) is 0 Å². The molecule has 12 heavy (non-hydrogen) atoms. The summed E-state index contributed by atoms with van der Waals surface area (Å²) in [5.41, 5.74) is 1.62. The first kappa shape index (κ1) is 8.72. The van der Waals surface area contributed by atoms with E-state index in [1.807, 2.05) is 14.2 Å². The molecule has 3 heteroatoms. The van der Waals surface area contributed by atoms with Crippen LogP contribution in [0.3, 0.4) is 0 Å². The molecule has 0 saturated heterocycles. The van der Waals surface area contributed by atoms with E-state index in [4.69, 9.17) is 8.85 Å². The van der Waals surface area contributed by atoms with Crippen LogP contribution in [0.2, 0.25) is 11.1 Å². The number of hydrogen-bond acceptors (Lipinski definition) is 2. The van der Waals surface area contributed by atoms with Crippen molar-refractivity contribution in [1.29, 1.82) is 0 Å². The second kappa shape index (κ2) is 3.12. The topological polar surface area (TPSA) is 18.5 Å². The zero-order chi connectivity index (χ0) is 8.60. The summed E-state index contributed by atoms with van der Waals surface area (Å²) in [6, 6.07) is 0. The van der Waals surface area contributed by atoms with E-state index in [0.717, 1.165) is 11.1 Å². The molecule has 0 spiro atoms. The molecule has 0 heterocycles. The third-order valence-electron chi connectivity index (χ3n) is 3.46. The molecule has 2 aliphatic rings. The summed E-state index contributed by atoms with van der Waals surface area (Å²) in [6.45, 7) is 0. The monoisotopic (exact) mass is 186 g/mol. The Balaban J connectivity index is 2.06. The molecule has 0 bridgehead atoms. The minimum absolute atomic E-state index is 0.806. The molecule has 0 aromatic carbocycles. The predicted molar refractivity (Wildman–Crippen MR) is 50.4 cm³/mol. The fourth-order valence-corrected chi connectivity index (χ4v) is 6.73. The molecule has 0 aromatic rings. The second-order valence-corrected chi connectivity index (χ2v) is 7.92. The Morgan fingerprint density at radius 1 is 0.917 bits per heavy atom. The minimum Gasteiger partial charge on any atom is -0.397 e. The van der Waals surface area contributed by atoms with Gasteiger partial charge in [0.1, 0.15) is 0 Å². The molecule has 0 aliphatic heterocycles. The number of hydrogen-bond donors (Lipinski definition) is 0. The molecule has 2 aliphatic carbocycles. The highest BCUT2D eigenvalue weighted by atomic mass is 28.4. The Bertz CT molecular complexity index is 160. The molecular weight excluding hydrogens is 168 g/mol. The lowest BCUT2D eigenvalue weighted by Crippen LogP contribution is -2.48. The summed E-state index contributed by atoms with van der Waals surface area (Å²) in [6.07, 6.45) is 6.79. The van der Waals surface area contributed by atoms with Crippen LogP contribution >= 0.6 is 0 Å². The van der Waals surface area contributed by atoms with E-state index >= 15 is 0 Å². The van der Waals surface area contributed by atoms with Crippen LogP contribution in [0.15, 0.2) is 0 Å². The van der Waals surface area contributed by atoms with Gasteiger partial charge in [0.05, 0.1) is 0 Å². The molecule has 2 saturated carbocycles. The quantitative estimate of drug-likeness (QED) is 0.628. The van der Waals surface area contributed by atoms with Crippen molar-refractivity contribution in [3.05, 3.63) is 0 Å². The molecule has 0 N–H and O–H groups in total. The molecule has 0 unspecified atom stereocenters. The molecular formula is C9H18O2Si. The van der Waals surface area contributed by atoms with Crippen molar-refractivity contribution >= 4 is 8.56 Å². The van der Waals surface area contributed by atoms with E-state index in [2.05, 4.69) is 0 Å². The molecule has 0 radical (unpaired) electrons. The lowest BCUT2D eigenvalue weighted by molar-refractivity contribution is 0.206. The molecule has 0 atom stereocenters. The van der Waals surface area contributed by atoms with Crippen molar-refractivity contribution in [2.24, 2.45) is 0 Å². The fraction of sp³-hybridized carbons (Fsp3) is 1.00. The maximum Gasteiger partial charge on any atom is 0.344 e. The zero-order valence-corrected chi connectivity index (χ0v) is 9.01. The predicted octanol–water partition coefficient (Wildman–Crippen LogP) is 2.44. The van der Waals surface area contributed by atoms with Gasteiger partial charge < -0.3 is 8.85 Å². The van der Waals surface area contributed by atoms with Crippen LogP contribution in [-0.2, 0) is 8.85 Å². The minimum atomic E-state index is -1.73. The Hall–Kier alpha value is 0.137. The molecule has 0 aromatic heterocycles. The van der Waals surface area contributed by atoms with Crippen LogP contribution in [-0.4, -0.2) is 22.8 Å². The van der Waals surface area contributed by atoms with Crippen LogP contribution in [0.1, 0.15) is 32.1 Å². The smallest absolute Gasteiger partial charge is 0.344 e. The van der Waals surface area contributed by atoms with Crippen molar-refractivity contribution in [3.8, 4) is 0 Å². The maximum atomic E-state index is 5.73. The van der Waals surface area contributed by atoms with Gasteiger partial charge >= 0.3 is 8.56 Å². The Labute approximate surface area is 75.5 Å². The zero-order valence-electron chi connectivity index (χ0n) is 8.01. The fourth-order valence-electron chi connectivity index (χ4n) is 2.38. The van der Waals surface area contributed by atoms with Gasteiger partial charge in [-0.1, -0.05) is 6.42 Å². The highest BCUT2D eigenvalue weighted by molar-refractivity contribution is 6.71. The summed E-state index contributed by atoms with van der Waals surface area (Å²) in [5.74, 6) is 0. The largest absolute Gasteiger partial charge is 0.397 e. The van der Waals surface area contributed by atoms with E-state index in [1.54, 1.807) is 0 Å². The molecule has 2 rings (SSSR count). The first-order valence-electron chi connectivity index (χ1n) is 4.94. The highest BCUT2D eigenvalue weighted by Crippen LogP contribution is 2.55. The van der Waals surface area contributed by atoms with E-state index in [1.165, 1.54) is 32.1 Å². The highest BCUT2D eigenvalue weighted by Gasteiger charge is 2.57. The average molecular weight is 186 g/mol.